The summed E-state index contributed by atoms with van der Waals surface area (Å²) >= 11 is 0. The van der Waals surface area contributed by atoms with Crippen LogP contribution in [0.4, 0.5) is 11.4 Å². The minimum atomic E-state index is -0.226. The van der Waals surface area contributed by atoms with Crippen LogP contribution in [0, 0.1) is 6.92 Å². The normalized spacial score (nSPS) is 11.5. The van der Waals surface area contributed by atoms with Crippen LogP contribution in [0.2, 0.25) is 0 Å². The lowest BCUT2D eigenvalue weighted by atomic mass is 9.99. The predicted molar refractivity (Wildman–Crippen MR) is 137 cm³/mol. The zero-order valence-corrected chi connectivity index (χ0v) is 18.6. The van der Waals surface area contributed by atoms with E-state index in [1.165, 1.54) is 0 Å². The van der Waals surface area contributed by atoms with Crippen LogP contribution in [0.15, 0.2) is 86.8 Å². The van der Waals surface area contributed by atoms with E-state index in [0.717, 1.165) is 11.3 Å². The Morgan fingerprint density at radius 1 is 0.824 bits per heavy atom. The Morgan fingerprint density at radius 2 is 1.53 bits per heavy atom. The van der Waals surface area contributed by atoms with E-state index in [2.05, 4.69) is 10.3 Å². The fraction of sp³-hybridized carbons (Fsp3) is 0.0714. The number of methoxy groups -OCH3 is 1. The fourth-order valence-electron chi connectivity index (χ4n) is 4.44. The molecule has 6 rings (SSSR count). The SMILES string of the molecule is COc1ccc2oc3cc(Nc4ccc(C)cc4)c4c(=O)c5ccccc5c(=O)c4c3[nH]c2c1. The van der Waals surface area contributed by atoms with Crippen molar-refractivity contribution < 1.29 is 9.15 Å². The molecule has 0 spiro atoms. The number of nitrogens with one attached hydrogen (secondary N) is 2. The molecule has 2 N–H and O–H groups in total. The summed E-state index contributed by atoms with van der Waals surface area (Å²) in [6, 6.07) is 21.9. The highest BCUT2D eigenvalue weighted by atomic mass is 16.5. The van der Waals surface area contributed by atoms with Crippen molar-refractivity contribution >= 4 is 55.1 Å². The molecule has 5 aromatic carbocycles. The van der Waals surface area contributed by atoms with Gasteiger partial charge < -0.3 is 19.5 Å². The second kappa shape index (κ2) is 7.49. The standard InChI is InChI=1S/C28H20N2O4/c1-15-7-9-16(10-8-15)29-21-14-23-26(30-20-13-17(33-2)11-12-22(20)34-23)25-24(21)27(31)18-5-3-4-6-19(18)28(25)32/h3-14,29-30H,1-2H3. The minimum Gasteiger partial charge on any atom is -0.497 e. The summed E-state index contributed by atoms with van der Waals surface area (Å²) in [6.45, 7) is 2.01. The van der Waals surface area contributed by atoms with Crippen molar-refractivity contribution in [3.63, 3.8) is 0 Å². The lowest BCUT2D eigenvalue weighted by Gasteiger charge is -2.13. The molecule has 0 unspecified atom stereocenters. The number of hydrogen-bond acceptors (Lipinski definition) is 5. The highest BCUT2D eigenvalue weighted by molar-refractivity contribution is 6.15. The Hall–Kier alpha value is -4.58. The maximum Gasteiger partial charge on any atom is 0.196 e. The van der Waals surface area contributed by atoms with Crippen molar-refractivity contribution in [1.82, 2.24) is 4.98 Å². The number of H-pyrrole nitrogens is 1. The molecule has 0 atom stereocenters. The summed E-state index contributed by atoms with van der Waals surface area (Å²) in [5, 5.41) is 4.73. The van der Waals surface area contributed by atoms with E-state index in [0.29, 0.717) is 55.2 Å². The maximum absolute atomic E-state index is 13.7. The third-order valence-electron chi connectivity index (χ3n) is 6.16. The molecular formula is C28H20N2O4. The summed E-state index contributed by atoms with van der Waals surface area (Å²) in [6.07, 6.45) is 0. The quantitative estimate of drug-likeness (QED) is 0.256. The van der Waals surface area contributed by atoms with Crippen molar-refractivity contribution in [2.24, 2.45) is 0 Å². The van der Waals surface area contributed by atoms with Gasteiger partial charge in [0.25, 0.3) is 0 Å². The van der Waals surface area contributed by atoms with Crippen LogP contribution in [0.3, 0.4) is 0 Å². The van der Waals surface area contributed by atoms with E-state index in [1.54, 1.807) is 55.6 Å². The van der Waals surface area contributed by atoms with Crippen molar-refractivity contribution in [1.29, 1.82) is 0 Å². The van der Waals surface area contributed by atoms with Gasteiger partial charge in [0.15, 0.2) is 22.0 Å². The molecular weight excluding hydrogens is 428 g/mol. The average Bonchev–Trinajstić information content (AvgIpc) is 2.86. The first-order valence-electron chi connectivity index (χ1n) is 10.9. The van der Waals surface area contributed by atoms with Gasteiger partial charge in [0, 0.05) is 28.6 Å². The lowest BCUT2D eigenvalue weighted by molar-refractivity contribution is 0.415. The molecule has 0 amide bonds. The number of hydrogen-bond donors (Lipinski definition) is 2. The number of rotatable bonds is 3. The topological polar surface area (TPSA) is 84.3 Å². The van der Waals surface area contributed by atoms with Crippen molar-refractivity contribution in [2.75, 3.05) is 12.4 Å². The van der Waals surface area contributed by atoms with Crippen LogP contribution in [-0.4, -0.2) is 12.1 Å². The monoisotopic (exact) mass is 448 g/mol. The molecule has 0 fully saturated rings. The summed E-state index contributed by atoms with van der Waals surface area (Å²) in [4.78, 5) is 30.7. The number of aromatic amines is 1. The average molecular weight is 448 g/mol. The third-order valence-corrected chi connectivity index (χ3v) is 6.16. The Morgan fingerprint density at radius 3 is 2.24 bits per heavy atom. The number of ether oxygens (including phenoxy) is 1. The van der Waals surface area contributed by atoms with Crippen LogP contribution >= 0.6 is 0 Å². The van der Waals surface area contributed by atoms with Gasteiger partial charge in [0.05, 0.1) is 34.6 Å². The summed E-state index contributed by atoms with van der Waals surface area (Å²) < 4.78 is 11.5. The van der Waals surface area contributed by atoms with E-state index in [-0.39, 0.29) is 10.9 Å². The molecule has 166 valence electrons. The first-order chi connectivity index (χ1) is 16.5. The van der Waals surface area contributed by atoms with Gasteiger partial charge in [-0.3, -0.25) is 9.59 Å². The molecule has 0 aliphatic carbocycles. The number of fused-ring (bicyclic) bond motifs is 5. The molecule has 0 aliphatic rings. The van der Waals surface area contributed by atoms with Gasteiger partial charge in [0.2, 0.25) is 0 Å². The first-order valence-corrected chi connectivity index (χ1v) is 10.9. The van der Waals surface area contributed by atoms with Crippen LogP contribution in [0.25, 0.3) is 43.7 Å². The van der Waals surface area contributed by atoms with Crippen molar-refractivity contribution in [3.8, 4) is 5.75 Å². The smallest absolute Gasteiger partial charge is 0.196 e. The van der Waals surface area contributed by atoms with Crippen molar-refractivity contribution in [3.05, 3.63) is 98.8 Å². The molecule has 6 heteroatoms. The van der Waals surface area contributed by atoms with Gasteiger partial charge in [-0.2, -0.15) is 0 Å². The second-order valence-corrected chi connectivity index (χ2v) is 8.33. The minimum absolute atomic E-state index is 0.208. The highest BCUT2D eigenvalue weighted by Crippen LogP contribution is 2.33. The highest BCUT2D eigenvalue weighted by Gasteiger charge is 2.19. The fourth-order valence-corrected chi connectivity index (χ4v) is 4.44. The number of aryl methyl sites for hydroxylation is 1. The molecule has 1 heterocycles. The molecule has 6 aromatic rings. The Bertz CT molecular complexity index is 1870. The van der Waals surface area contributed by atoms with Gasteiger partial charge in [-0.1, -0.05) is 42.0 Å². The zero-order valence-electron chi connectivity index (χ0n) is 18.6. The van der Waals surface area contributed by atoms with Crippen molar-refractivity contribution in [2.45, 2.75) is 6.92 Å². The summed E-state index contributed by atoms with van der Waals surface area (Å²) in [5.41, 5.74) is 4.21. The van der Waals surface area contributed by atoms with Gasteiger partial charge in [-0.15, -0.1) is 0 Å². The second-order valence-electron chi connectivity index (χ2n) is 8.33. The third kappa shape index (κ3) is 3.03. The molecule has 1 aromatic heterocycles. The van der Waals surface area contributed by atoms with E-state index in [1.807, 2.05) is 31.2 Å². The van der Waals surface area contributed by atoms with Crippen LogP contribution in [0.5, 0.6) is 5.75 Å². The predicted octanol–water partition coefficient (Wildman–Crippen LogP) is 6.00. The van der Waals surface area contributed by atoms with Gasteiger partial charge in [-0.25, -0.2) is 0 Å². The first kappa shape index (κ1) is 20.1. The maximum atomic E-state index is 13.7. The van der Waals surface area contributed by atoms with Gasteiger partial charge in [0.1, 0.15) is 5.75 Å². The Labute approximate surface area is 193 Å². The summed E-state index contributed by atoms with van der Waals surface area (Å²) in [7, 11) is 1.59. The van der Waals surface area contributed by atoms with Crippen LogP contribution < -0.4 is 20.9 Å². The molecule has 34 heavy (non-hydrogen) atoms. The molecule has 0 bridgehead atoms. The van der Waals surface area contributed by atoms with E-state index >= 15 is 0 Å². The van der Waals surface area contributed by atoms with Crippen LogP contribution in [-0.2, 0) is 0 Å². The number of aromatic nitrogens is 1. The number of anilines is 2. The summed E-state index contributed by atoms with van der Waals surface area (Å²) in [5.74, 6) is 0.651. The Balaban J connectivity index is 1.78. The van der Waals surface area contributed by atoms with E-state index in [9.17, 15) is 9.59 Å². The Kier molecular flexibility index (Phi) is 4.42. The van der Waals surface area contributed by atoms with Gasteiger partial charge in [-0.05, 0) is 31.2 Å². The van der Waals surface area contributed by atoms with Crippen LogP contribution in [0.1, 0.15) is 5.56 Å². The molecule has 0 aliphatic heterocycles. The largest absolute Gasteiger partial charge is 0.497 e. The van der Waals surface area contributed by atoms with E-state index in [4.69, 9.17) is 9.15 Å². The molecule has 6 nitrogen and oxygen atoms in total. The van der Waals surface area contributed by atoms with Gasteiger partial charge >= 0.3 is 0 Å². The molecule has 0 saturated heterocycles. The lowest BCUT2D eigenvalue weighted by Crippen LogP contribution is -2.15. The molecule has 0 saturated carbocycles. The number of benzene rings is 5. The van der Waals surface area contributed by atoms with E-state index < -0.39 is 0 Å². The molecule has 0 radical (unpaired) electrons. The zero-order chi connectivity index (χ0) is 23.4.